The number of ether oxygens (including phenoxy) is 1. The van der Waals surface area contributed by atoms with Crippen molar-refractivity contribution in [1.82, 2.24) is 5.32 Å². The van der Waals surface area contributed by atoms with Crippen molar-refractivity contribution in [3.8, 4) is 5.75 Å². The second kappa shape index (κ2) is 7.14. The van der Waals surface area contributed by atoms with Gasteiger partial charge in [0, 0.05) is 5.92 Å². The van der Waals surface area contributed by atoms with Gasteiger partial charge in [-0.2, -0.15) is 0 Å². The Labute approximate surface area is 132 Å². The van der Waals surface area contributed by atoms with E-state index in [-0.39, 0.29) is 11.8 Å². The predicted molar refractivity (Wildman–Crippen MR) is 88.3 cm³/mol. The number of anilines is 1. The van der Waals surface area contributed by atoms with E-state index in [2.05, 4.69) is 22.8 Å². The van der Waals surface area contributed by atoms with Crippen molar-refractivity contribution < 1.29 is 9.53 Å². The molecule has 0 atom stereocenters. The van der Waals surface area contributed by atoms with E-state index in [4.69, 9.17) is 4.74 Å². The molecular formula is C18H26N2O2. The van der Waals surface area contributed by atoms with Gasteiger partial charge in [-0.3, -0.25) is 4.79 Å². The first-order valence-electron chi connectivity index (χ1n) is 8.53. The molecule has 1 saturated heterocycles. The Bertz CT molecular complexity index is 520. The van der Waals surface area contributed by atoms with Gasteiger partial charge < -0.3 is 15.4 Å². The lowest BCUT2D eigenvalue weighted by Crippen LogP contribution is -2.28. The van der Waals surface area contributed by atoms with Crippen LogP contribution in [0, 0.1) is 11.8 Å². The zero-order valence-corrected chi connectivity index (χ0v) is 13.4. The van der Waals surface area contributed by atoms with Gasteiger partial charge in [0.15, 0.2) is 0 Å². The Morgan fingerprint density at radius 3 is 2.73 bits per heavy atom. The molecule has 1 aliphatic carbocycles. The maximum atomic E-state index is 12.0. The molecule has 1 saturated carbocycles. The molecule has 2 N–H and O–H groups in total. The largest absolute Gasteiger partial charge is 0.492 e. The Kier molecular flexibility index (Phi) is 4.98. The summed E-state index contributed by atoms with van der Waals surface area (Å²) in [7, 11) is 0. The molecule has 1 amide bonds. The van der Waals surface area contributed by atoms with E-state index in [1.165, 1.54) is 18.4 Å². The summed E-state index contributed by atoms with van der Waals surface area (Å²) in [4.78, 5) is 12.0. The first-order chi connectivity index (χ1) is 10.8. The van der Waals surface area contributed by atoms with Crippen LogP contribution in [0.15, 0.2) is 18.2 Å². The Balaban J connectivity index is 1.69. The number of nitrogens with one attached hydrogen (secondary N) is 2. The maximum Gasteiger partial charge on any atom is 0.227 e. The topological polar surface area (TPSA) is 50.4 Å². The van der Waals surface area contributed by atoms with Crippen molar-refractivity contribution in [3.63, 3.8) is 0 Å². The van der Waals surface area contributed by atoms with Gasteiger partial charge in [0.05, 0.1) is 12.3 Å². The summed E-state index contributed by atoms with van der Waals surface area (Å²) < 4.78 is 5.74. The highest BCUT2D eigenvalue weighted by Crippen LogP contribution is 2.33. The van der Waals surface area contributed by atoms with Gasteiger partial charge in [-0.05, 0) is 75.7 Å². The van der Waals surface area contributed by atoms with Crippen molar-refractivity contribution in [2.24, 2.45) is 11.8 Å². The Morgan fingerprint density at radius 1 is 1.27 bits per heavy atom. The molecule has 1 aromatic rings. The minimum absolute atomic E-state index is 0.132. The van der Waals surface area contributed by atoms with Crippen molar-refractivity contribution in [2.45, 2.75) is 39.0 Å². The minimum Gasteiger partial charge on any atom is -0.492 e. The van der Waals surface area contributed by atoms with Crippen molar-refractivity contribution in [1.29, 1.82) is 0 Å². The van der Waals surface area contributed by atoms with Gasteiger partial charge in [-0.25, -0.2) is 0 Å². The van der Waals surface area contributed by atoms with Gasteiger partial charge in [0.2, 0.25) is 5.91 Å². The second-order valence-electron chi connectivity index (χ2n) is 6.42. The Morgan fingerprint density at radius 2 is 2.05 bits per heavy atom. The van der Waals surface area contributed by atoms with Crippen LogP contribution in [0.25, 0.3) is 0 Å². The van der Waals surface area contributed by atoms with Crippen molar-refractivity contribution >= 4 is 11.6 Å². The fraction of sp³-hybridized carbons (Fsp3) is 0.611. The fourth-order valence-corrected chi connectivity index (χ4v) is 3.07. The molecule has 1 heterocycles. The highest BCUT2D eigenvalue weighted by Gasteiger charge is 2.30. The Hall–Kier alpha value is -1.55. The average Bonchev–Trinajstić information content (AvgIpc) is 3.36. The number of piperidine rings is 1. The van der Waals surface area contributed by atoms with Gasteiger partial charge >= 0.3 is 0 Å². The van der Waals surface area contributed by atoms with Crippen molar-refractivity contribution in [3.05, 3.63) is 23.8 Å². The highest BCUT2D eigenvalue weighted by molar-refractivity contribution is 5.95. The first kappa shape index (κ1) is 15.3. The van der Waals surface area contributed by atoms with Gasteiger partial charge in [-0.1, -0.05) is 6.07 Å². The predicted octanol–water partition coefficient (Wildman–Crippen LogP) is 2.98. The third-order valence-corrected chi connectivity index (χ3v) is 4.53. The monoisotopic (exact) mass is 302 g/mol. The lowest BCUT2D eigenvalue weighted by molar-refractivity contribution is -0.117. The van der Waals surface area contributed by atoms with E-state index >= 15 is 0 Å². The molecule has 0 radical (unpaired) electrons. The lowest BCUT2D eigenvalue weighted by atomic mass is 9.91. The molecule has 1 aliphatic heterocycles. The molecule has 2 fully saturated rings. The van der Waals surface area contributed by atoms with E-state index in [0.29, 0.717) is 6.61 Å². The van der Waals surface area contributed by atoms with E-state index in [0.717, 1.165) is 49.7 Å². The van der Waals surface area contributed by atoms with E-state index in [9.17, 15) is 4.79 Å². The number of benzene rings is 1. The molecule has 120 valence electrons. The van der Waals surface area contributed by atoms with Gasteiger partial charge in [0.25, 0.3) is 0 Å². The summed E-state index contributed by atoms with van der Waals surface area (Å²) in [6, 6.07) is 6.24. The van der Waals surface area contributed by atoms with Crippen LogP contribution in [0.5, 0.6) is 5.75 Å². The number of hydrogen-bond donors (Lipinski definition) is 2. The first-order valence-corrected chi connectivity index (χ1v) is 8.53. The van der Waals surface area contributed by atoms with Crippen LogP contribution in [0.4, 0.5) is 5.69 Å². The van der Waals surface area contributed by atoms with Crippen LogP contribution in [-0.2, 0) is 11.2 Å². The molecule has 4 nitrogen and oxygen atoms in total. The molecule has 0 unspecified atom stereocenters. The molecule has 0 aromatic heterocycles. The highest BCUT2D eigenvalue weighted by atomic mass is 16.5. The zero-order valence-electron chi connectivity index (χ0n) is 13.4. The molecule has 4 heteroatoms. The molecular weight excluding hydrogens is 276 g/mol. The normalized spacial score (nSPS) is 19.0. The summed E-state index contributed by atoms with van der Waals surface area (Å²) in [5.74, 6) is 1.90. The van der Waals surface area contributed by atoms with Crippen LogP contribution in [0.1, 0.15) is 38.2 Å². The fourth-order valence-electron chi connectivity index (χ4n) is 3.07. The minimum atomic E-state index is 0.132. The lowest BCUT2D eigenvalue weighted by Gasteiger charge is -2.23. The second-order valence-corrected chi connectivity index (χ2v) is 6.42. The molecule has 3 rings (SSSR count). The van der Waals surface area contributed by atoms with Crippen LogP contribution in [0.3, 0.4) is 0 Å². The van der Waals surface area contributed by atoms with Crippen molar-refractivity contribution in [2.75, 3.05) is 25.0 Å². The van der Waals surface area contributed by atoms with Gasteiger partial charge in [0.1, 0.15) is 5.75 Å². The number of amides is 1. The maximum absolute atomic E-state index is 12.0. The quantitative estimate of drug-likeness (QED) is 0.849. The molecule has 2 aliphatic rings. The molecule has 1 aromatic carbocycles. The standard InChI is InChI=1S/C18H26N2O2/c1-2-22-17-12-14(11-13-7-9-19-10-8-13)3-6-16(17)20-18(21)15-4-5-15/h3,6,12-13,15,19H,2,4-5,7-11H2,1H3,(H,20,21). The summed E-state index contributed by atoms with van der Waals surface area (Å²) in [6.45, 7) is 4.84. The number of carbonyl (C=O) groups excluding carboxylic acids is 1. The van der Waals surface area contributed by atoms with E-state index < -0.39 is 0 Å². The average molecular weight is 302 g/mol. The summed E-state index contributed by atoms with van der Waals surface area (Å²) >= 11 is 0. The summed E-state index contributed by atoms with van der Waals surface area (Å²) in [5, 5.41) is 6.42. The zero-order chi connectivity index (χ0) is 15.4. The smallest absolute Gasteiger partial charge is 0.227 e. The number of rotatable bonds is 6. The molecule has 0 spiro atoms. The summed E-state index contributed by atoms with van der Waals surface area (Å²) in [6.07, 6.45) is 5.61. The van der Waals surface area contributed by atoms with Crippen LogP contribution in [0.2, 0.25) is 0 Å². The third kappa shape index (κ3) is 4.01. The SMILES string of the molecule is CCOc1cc(CC2CCNCC2)ccc1NC(=O)C1CC1. The molecule has 22 heavy (non-hydrogen) atoms. The van der Waals surface area contributed by atoms with Crippen LogP contribution in [-0.4, -0.2) is 25.6 Å². The van der Waals surface area contributed by atoms with Crippen LogP contribution < -0.4 is 15.4 Å². The van der Waals surface area contributed by atoms with E-state index in [1.54, 1.807) is 0 Å². The molecule has 0 bridgehead atoms. The van der Waals surface area contributed by atoms with Gasteiger partial charge in [-0.15, -0.1) is 0 Å². The van der Waals surface area contributed by atoms with E-state index in [1.807, 2.05) is 13.0 Å². The third-order valence-electron chi connectivity index (χ3n) is 4.53. The summed E-state index contributed by atoms with van der Waals surface area (Å²) in [5.41, 5.74) is 2.12. The van der Waals surface area contributed by atoms with Crippen LogP contribution >= 0.6 is 0 Å². The number of carbonyl (C=O) groups is 1. The number of hydrogen-bond acceptors (Lipinski definition) is 3.